The lowest BCUT2D eigenvalue weighted by Gasteiger charge is -2.27. The largest absolute Gasteiger partial charge is 0.470 e. The van der Waals surface area contributed by atoms with Crippen LogP contribution in [0.1, 0.15) is 0 Å². The first-order valence-electron chi connectivity index (χ1n) is 3.35. The van der Waals surface area contributed by atoms with Gasteiger partial charge < -0.3 is 0 Å². The van der Waals surface area contributed by atoms with E-state index in [4.69, 9.17) is 0 Å². The van der Waals surface area contributed by atoms with Crippen LogP contribution in [0, 0.1) is 3.91 Å². The van der Waals surface area contributed by atoms with Crippen molar-refractivity contribution in [3.63, 3.8) is 0 Å². The van der Waals surface area contributed by atoms with Gasteiger partial charge in [0, 0.05) is 6.26 Å². The molecule has 13 heteroatoms. The van der Waals surface area contributed by atoms with E-state index >= 15 is 0 Å². The molecule has 0 radical (unpaired) electrons. The molecule has 0 aromatic heterocycles. The Morgan fingerprint density at radius 3 is 1.53 bits per heavy atom. The van der Waals surface area contributed by atoms with Gasteiger partial charge in [0.15, 0.2) is 15.8 Å². The minimum absolute atomic E-state index is 0.0845. The van der Waals surface area contributed by atoms with Gasteiger partial charge in [-0.3, -0.25) is 25.3 Å². The number of hydrogen-bond acceptors (Lipinski definition) is 6. The Hall–Kier alpha value is -0.430. The topological polar surface area (TPSA) is 102 Å². The fourth-order valence-corrected chi connectivity index (χ4v) is 6.62. The molecule has 0 spiro atoms. The summed E-state index contributed by atoms with van der Waals surface area (Å²) in [6.45, 7) is 0. The van der Waals surface area contributed by atoms with E-state index < -0.39 is 44.9 Å². The molecule has 0 saturated carbocycles. The Labute approximate surface area is 94.4 Å². The molecule has 0 N–H and O–H groups in total. The second-order valence-corrected chi connectivity index (χ2v) is 9.16. The Kier molecular flexibility index (Phi) is 4.24. The molecular formula is C4H5F4O6S3-. The van der Waals surface area contributed by atoms with Gasteiger partial charge in [-0.25, -0.2) is 4.39 Å². The summed E-state index contributed by atoms with van der Waals surface area (Å²) < 4.78 is 110. The van der Waals surface area contributed by atoms with E-state index in [1.807, 2.05) is 0 Å². The lowest BCUT2D eigenvalue weighted by Crippen LogP contribution is -2.38. The van der Waals surface area contributed by atoms with Crippen LogP contribution in [-0.4, -0.2) is 43.0 Å². The fourth-order valence-electron chi connectivity index (χ4n) is 0.736. The van der Waals surface area contributed by atoms with E-state index in [-0.39, 0.29) is 6.26 Å². The van der Waals surface area contributed by atoms with Crippen LogP contribution in [0.3, 0.4) is 0 Å². The van der Waals surface area contributed by atoms with Gasteiger partial charge in [-0.2, -0.15) is 13.2 Å². The Morgan fingerprint density at radius 1 is 1.00 bits per heavy atom. The predicted molar refractivity (Wildman–Crippen MR) is 48.0 cm³/mol. The quantitative estimate of drug-likeness (QED) is 0.523. The summed E-state index contributed by atoms with van der Waals surface area (Å²) in [4.78, 5) is 0. The number of sulfone groups is 3. The molecule has 0 aliphatic rings. The second kappa shape index (κ2) is 4.35. The van der Waals surface area contributed by atoms with Crippen LogP contribution < -0.4 is 0 Å². The first-order chi connectivity index (χ1) is 7.18. The maximum absolute atomic E-state index is 12.0. The molecule has 0 bridgehead atoms. The fraction of sp³-hybridized carbons (Fsp3) is 0.750. The first kappa shape index (κ1) is 16.6. The van der Waals surface area contributed by atoms with Crippen LogP contribution in [0.25, 0.3) is 0 Å². The van der Waals surface area contributed by atoms with Gasteiger partial charge in [-0.05, 0) is 0 Å². The lowest BCUT2D eigenvalue weighted by atomic mass is 11.6. The molecule has 0 aromatic rings. The number of halogens is 4. The zero-order valence-electron chi connectivity index (χ0n) is 7.89. The zero-order chi connectivity index (χ0) is 14.3. The van der Waals surface area contributed by atoms with Gasteiger partial charge in [0.05, 0.1) is 23.6 Å². The molecule has 0 amide bonds. The van der Waals surface area contributed by atoms with Crippen molar-refractivity contribution in [3.8, 4) is 0 Å². The third kappa shape index (κ3) is 3.28. The predicted octanol–water partition coefficient (Wildman–Crippen LogP) is -0.246. The molecule has 6 nitrogen and oxygen atoms in total. The average Bonchev–Trinajstić information content (AvgIpc) is 1.97. The van der Waals surface area contributed by atoms with E-state index in [1.54, 1.807) is 0 Å². The van der Waals surface area contributed by atoms with Crippen LogP contribution in [-0.2, 0) is 29.5 Å². The van der Waals surface area contributed by atoms with Crippen molar-refractivity contribution >= 4 is 29.5 Å². The number of alkyl halides is 4. The molecule has 0 rings (SSSR count). The van der Waals surface area contributed by atoms with Crippen LogP contribution in [0.5, 0.6) is 0 Å². The maximum atomic E-state index is 12.0. The van der Waals surface area contributed by atoms with E-state index in [1.165, 1.54) is 0 Å². The van der Waals surface area contributed by atoms with E-state index in [9.17, 15) is 42.8 Å². The van der Waals surface area contributed by atoms with Gasteiger partial charge in [-0.1, -0.05) is 0 Å². The second-order valence-electron chi connectivity index (χ2n) is 2.70. The standard InChI is InChI=1S/C4H5F4O6S3/c1-15(9,10)3(16(11,12)2-5)17(13,14)4(6,7)8/h2H2,1H3/q-1. The summed E-state index contributed by atoms with van der Waals surface area (Å²) in [6.07, 6.45) is -0.0845. The molecule has 17 heavy (non-hydrogen) atoms. The Bertz CT molecular complexity index is 582. The Balaban J connectivity index is 6.28. The highest BCUT2D eigenvalue weighted by molar-refractivity contribution is 8.28. The van der Waals surface area contributed by atoms with E-state index in [2.05, 4.69) is 0 Å². The molecule has 0 fully saturated rings. The van der Waals surface area contributed by atoms with Crippen molar-refractivity contribution < 1.29 is 42.8 Å². The van der Waals surface area contributed by atoms with Crippen LogP contribution in [0.4, 0.5) is 17.6 Å². The van der Waals surface area contributed by atoms with Crippen molar-refractivity contribution in [3.05, 3.63) is 3.91 Å². The average molecular weight is 321 g/mol. The van der Waals surface area contributed by atoms with Gasteiger partial charge in [0.25, 0.3) is 0 Å². The first-order valence-corrected chi connectivity index (χ1v) is 8.37. The molecule has 0 saturated heterocycles. The summed E-state index contributed by atoms with van der Waals surface area (Å²) in [7, 11) is -17.7. The summed E-state index contributed by atoms with van der Waals surface area (Å²) >= 11 is 0. The number of hydrogen-bond donors (Lipinski definition) is 0. The van der Waals surface area contributed by atoms with Gasteiger partial charge >= 0.3 is 5.51 Å². The SMILES string of the molecule is CS(=O)(=O)[C-](S(=O)(=O)CF)S(=O)(=O)C(F)(F)F. The molecule has 0 heterocycles. The summed E-state index contributed by atoms with van der Waals surface area (Å²) in [5, 5.41) is 0. The van der Waals surface area contributed by atoms with Crippen molar-refractivity contribution in [2.75, 3.05) is 12.3 Å². The summed E-state index contributed by atoms with van der Waals surface area (Å²) in [5.74, 6) is 0. The summed E-state index contributed by atoms with van der Waals surface area (Å²) in [5.41, 5.74) is -6.16. The van der Waals surface area contributed by atoms with E-state index in [0.717, 1.165) is 0 Å². The third-order valence-corrected chi connectivity index (χ3v) is 8.33. The van der Waals surface area contributed by atoms with Gasteiger partial charge in [-0.15, -0.1) is 0 Å². The van der Waals surface area contributed by atoms with Crippen LogP contribution in [0.15, 0.2) is 0 Å². The van der Waals surface area contributed by atoms with E-state index in [0.29, 0.717) is 0 Å². The molecule has 104 valence electrons. The maximum Gasteiger partial charge on any atom is 0.470 e. The van der Waals surface area contributed by atoms with Crippen molar-refractivity contribution in [1.82, 2.24) is 0 Å². The highest BCUT2D eigenvalue weighted by Gasteiger charge is 2.50. The van der Waals surface area contributed by atoms with Gasteiger partial charge in [0.1, 0.15) is 0 Å². The number of rotatable bonds is 4. The lowest BCUT2D eigenvalue weighted by molar-refractivity contribution is -0.0427. The molecular weight excluding hydrogens is 316 g/mol. The van der Waals surface area contributed by atoms with Gasteiger partial charge in [0.2, 0.25) is 0 Å². The zero-order valence-corrected chi connectivity index (χ0v) is 10.3. The third-order valence-electron chi connectivity index (χ3n) is 1.22. The normalized spacial score (nSPS) is 15.2. The van der Waals surface area contributed by atoms with Crippen molar-refractivity contribution in [1.29, 1.82) is 0 Å². The Morgan fingerprint density at radius 2 is 1.35 bits per heavy atom. The molecule has 0 aromatic carbocycles. The van der Waals surface area contributed by atoms with Crippen LogP contribution >= 0.6 is 0 Å². The minimum Gasteiger partial charge on any atom is -0.260 e. The van der Waals surface area contributed by atoms with Crippen molar-refractivity contribution in [2.45, 2.75) is 5.51 Å². The molecule has 0 atom stereocenters. The monoisotopic (exact) mass is 321 g/mol. The highest BCUT2D eigenvalue weighted by atomic mass is 32.3. The smallest absolute Gasteiger partial charge is 0.260 e. The van der Waals surface area contributed by atoms with Crippen LogP contribution in [0.2, 0.25) is 0 Å². The molecule has 0 aliphatic carbocycles. The molecule has 0 aliphatic heterocycles. The van der Waals surface area contributed by atoms with Crippen molar-refractivity contribution in [2.24, 2.45) is 0 Å². The highest BCUT2D eigenvalue weighted by Crippen LogP contribution is 2.37. The summed E-state index contributed by atoms with van der Waals surface area (Å²) in [6, 6.07) is -2.58. The molecule has 0 unspecified atom stereocenters. The minimum atomic E-state index is -6.67.